The molecule has 2 aromatic carbocycles. The number of carbonyl (C=O) groups excluding carboxylic acids is 1. The molecule has 2 heterocycles. The summed E-state index contributed by atoms with van der Waals surface area (Å²) in [7, 11) is 3.33. The van der Waals surface area contributed by atoms with Gasteiger partial charge in [-0.15, -0.1) is 0 Å². The van der Waals surface area contributed by atoms with Crippen molar-refractivity contribution in [1.82, 2.24) is 20.7 Å². The lowest BCUT2D eigenvalue weighted by Crippen LogP contribution is -2.44. The van der Waals surface area contributed by atoms with Gasteiger partial charge in [-0.2, -0.15) is 0 Å². The fraction of sp³-hybridized carbons (Fsp3) is 0.375. The Morgan fingerprint density at radius 3 is 2.52 bits per heavy atom. The van der Waals surface area contributed by atoms with Crippen molar-refractivity contribution in [3.05, 3.63) is 59.8 Å². The van der Waals surface area contributed by atoms with Crippen LogP contribution >= 0.6 is 0 Å². The van der Waals surface area contributed by atoms with Crippen LogP contribution < -0.4 is 25.6 Å². The number of carbonyl (C=O) groups is 1. The average Bonchev–Trinajstić information content (AvgIpc) is 3.41. The second-order valence-corrected chi connectivity index (χ2v) is 7.78. The van der Waals surface area contributed by atoms with E-state index in [0.717, 1.165) is 35.4 Å². The van der Waals surface area contributed by atoms with Crippen LogP contribution in [-0.4, -0.2) is 30.9 Å². The largest absolute Gasteiger partial charge is 0.497 e. The third kappa shape index (κ3) is 4.68. The van der Waals surface area contributed by atoms with E-state index in [9.17, 15) is 4.79 Å². The number of nitrogens with zero attached hydrogens (tertiary/aromatic N) is 1. The van der Waals surface area contributed by atoms with Gasteiger partial charge in [-0.3, -0.25) is 4.79 Å². The van der Waals surface area contributed by atoms with Gasteiger partial charge in [0.25, 0.3) is 0 Å². The maximum Gasteiger partial charge on any atom is 0.221 e. The SMILES string of the molecule is CCn1c(C2CC(NC(=O)CCc3ccc(OC)cc3)NN2)cc2cc(OC)ccc21. The van der Waals surface area contributed by atoms with Gasteiger partial charge in [0.15, 0.2) is 0 Å². The van der Waals surface area contributed by atoms with E-state index in [1.165, 1.54) is 11.2 Å². The minimum atomic E-state index is -0.105. The number of hydrogen-bond donors (Lipinski definition) is 3. The molecule has 31 heavy (non-hydrogen) atoms. The molecular weight excluding hydrogens is 392 g/mol. The van der Waals surface area contributed by atoms with Crippen LogP contribution in [0.4, 0.5) is 0 Å². The standard InChI is InChI=1S/C24H30N4O3/c1-4-28-21-11-10-19(31-3)13-17(21)14-22(28)20-15-23(27-26-20)25-24(29)12-7-16-5-8-18(30-2)9-6-16/h5-6,8-11,13-14,20,23,26-27H,4,7,12,15H2,1-3H3,(H,25,29). The van der Waals surface area contributed by atoms with Gasteiger partial charge in [-0.25, -0.2) is 10.9 Å². The van der Waals surface area contributed by atoms with Crippen molar-refractivity contribution in [3.8, 4) is 11.5 Å². The number of nitrogens with one attached hydrogen (secondary N) is 3. The van der Waals surface area contributed by atoms with Crippen molar-refractivity contribution in [1.29, 1.82) is 0 Å². The lowest BCUT2D eigenvalue weighted by molar-refractivity contribution is -0.121. The number of ether oxygens (including phenoxy) is 2. The second-order valence-electron chi connectivity index (χ2n) is 7.78. The fourth-order valence-corrected chi connectivity index (χ4v) is 4.20. The van der Waals surface area contributed by atoms with E-state index < -0.39 is 0 Å². The van der Waals surface area contributed by atoms with E-state index in [1.54, 1.807) is 14.2 Å². The molecule has 2 atom stereocenters. The van der Waals surface area contributed by atoms with Crippen LogP contribution in [0.2, 0.25) is 0 Å². The number of aromatic nitrogens is 1. The molecule has 1 aliphatic heterocycles. The number of rotatable bonds is 8. The van der Waals surface area contributed by atoms with Gasteiger partial charge in [0.2, 0.25) is 5.91 Å². The van der Waals surface area contributed by atoms with Crippen molar-refractivity contribution >= 4 is 16.8 Å². The smallest absolute Gasteiger partial charge is 0.221 e. The van der Waals surface area contributed by atoms with Gasteiger partial charge in [0, 0.05) is 36.0 Å². The summed E-state index contributed by atoms with van der Waals surface area (Å²) in [5.74, 6) is 1.71. The topological polar surface area (TPSA) is 76.6 Å². The number of benzene rings is 2. The summed E-state index contributed by atoms with van der Waals surface area (Å²) in [6.07, 6.45) is 1.82. The highest BCUT2D eigenvalue weighted by Gasteiger charge is 2.28. The number of methoxy groups -OCH3 is 2. The Morgan fingerprint density at radius 1 is 1.06 bits per heavy atom. The van der Waals surface area contributed by atoms with E-state index in [4.69, 9.17) is 9.47 Å². The van der Waals surface area contributed by atoms with Gasteiger partial charge in [0.1, 0.15) is 11.5 Å². The summed E-state index contributed by atoms with van der Waals surface area (Å²) in [5, 5.41) is 4.25. The number of hydrazine groups is 1. The Labute approximate surface area is 182 Å². The molecule has 0 aliphatic carbocycles. The van der Waals surface area contributed by atoms with Crippen molar-refractivity contribution in [2.45, 2.75) is 44.9 Å². The normalized spacial score (nSPS) is 18.3. The van der Waals surface area contributed by atoms with Crippen LogP contribution in [0.15, 0.2) is 48.5 Å². The molecule has 164 valence electrons. The summed E-state index contributed by atoms with van der Waals surface area (Å²) in [6.45, 7) is 3.02. The lowest BCUT2D eigenvalue weighted by Gasteiger charge is -2.14. The summed E-state index contributed by atoms with van der Waals surface area (Å²) < 4.78 is 12.8. The maximum atomic E-state index is 12.5. The molecule has 7 nitrogen and oxygen atoms in total. The fourth-order valence-electron chi connectivity index (χ4n) is 4.20. The molecule has 1 fully saturated rings. The summed E-state index contributed by atoms with van der Waals surface area (Å²) in [4.78, 5) is 12.5. The highest BCUT2D eigenvalue weighted by atomic mass is 16.5. The summed E-state index contributed by atoms with van der Waals surface area (Å²) in [5.41, 5.74) is 10.1. The monoisotopic (exact) mass is 422 g/mol. The zero-order valence-electron chi connectivity index (χ0n) is 18.3. The third-order valence-electron chi connectivity index (χ3n) is 5.85. The second kappa shape index (κ2) is 9.41. The number of aryl methyl sites for hydroxylation is 2. The molecule has 0 saturated carbocycles. The molecule has 0 bridgehead atoms. The van der Waals surface area contributed by atoms with Crippen molar-refractivity contribution in [2.75, 3.05) is 14.2 Å². The molecular formula is C24H30N4O3. The molecule has 4 rings (SSSR count). The van der Waals surface area contributed by atoms with Crippen LogP contribution in [0.25, 0.3) is 10.9 Å². The van der Waals surface area contributed by atoms with E-state index in [-0.39, 0.29) is 18.1 Å². The Morgan fingerprint density at radius 2 is 1.81 bits per heavy atom. The minimum Gasteiger partial charge on any atom is -0.497 e. The van der Waals surface area contributed by atoms with Gasteiger partial charge < -0.3 is 19.4 Å². The summed E-state index contributed by atoms with van der Waals surface area (Å²) in [6, 6.07) is 16.3. The zero-order valence-corrected chi connectivity index (χ0v) is 18.3. The van der Waals surface area contributed by atoms with Crippen LogP contribution in [0.5, 0.6) is 11.5 Å². The van der Waals surface area contributed by atoms with Crippen LogP contribution in [0.1, 0.15) is 37.1 Å². The Bertz CT molecular complexity index is 1040. The first kappa shape index (κ1) is 21.2. The average molecular weight is 423 g/mol. The molecule has 2 unspecified atom stereocenters. The van der Waals surface area contributed by atoms with E-state index in [0.29, 0.717) is 12.8 Å². The van der Waals surface area contributed by atoms with Gasteiger partial charge in [-0.05, 0) is 55.3 Å². The first-order chi connectivity index (χ1) is 15.1. The molecule has 1 aliphatic rings. The molecule has 1 saturated heterocycles. The predicted octanol–water partition coefficient (Wildman–Crippen LogP) is 3.29. The molecule has 0 spiro atoms. The maximum absolute atomic E-state index is 12.5. The molecule has 0 radical (unpaired) electrons. The number of amides is 1. The zero-order chi connectivity index (χ0) is 21.8. The highest BCUT2D eigenvalue weighted by Crippen LogP contribution is 2.30. The van der Waals surface area contributed by atoms with Crippen molar-refractivity contribution < 1.29 is 14.3 Å². The molecule has 1 amide bonds. The molecule has 7 heteroatoms. The summed E-state index contributed by atoms with van der Waals surface area (Å²) >= 11 is 0. The van der Waals surface area contributed by atoms with Gasteiger partial charge in [0.05, 0.1) is 26.4 Å². The van der Waals surface area contributed by atoms with Crippen molar-refractivity contribution in [2.24, 2.45) is 0 Å². The Hall–Kier alpha value is -3.03. The van der Waals surface area contributed by atoms with E-state index >= 15 is 0 Å². The van der Waals surface area contributed by atoms with Crippen LogP contribution in [-0.2, 0) is 17.8 Å². The Balaban J connectivity index is 1.36. The Kier molecular flexibility index (Phi) is 6.44. The molecule has 3 N–H and O–H groups in total. The third-order valence-corrected chi connectivity index (χ3v) is 5.85. The molecule has 3 aromatic rings. The van der Waals surface area contributed by atoms with E-state index in [1.807, 2.05) is 30.3 Å². The van der Waals surface area contributed by atoms with E-state index in [2.05, 4.69) is 45.9 Å². The van der Waals surface area contributed by atoms with Crippen molar-refractivity contribution in [3.63, 3.8) is 0 Å². The van der Waals surface area contributed by atoms with Gasteiger partial charge in [-0.1, -0.05) is 12.1 Å². The predicted molar refractivity (Wildman–Crippen MR) is 121 cm³/mol. The quantitative estimate of drug-likeness (QED) is 0.519. The highest BCUT2D eigenvalue weighted by molar-refractivity contribution is 5.83. The first-order valence-corrected chi connectivity index (χ1v) is 10.7. The minimum absolute atomic E-state index is 0.0385. The number of hydrogen-bond acceptors (Lipinski definition) is 5. The van der Waals surface area contributed by atoms with Gasteiger partial charge >= 0.3 is 0 Å². The van der Waals surface area contributed by atoms with Crippen LogP contribution in [0, 0.1) is 0 Å². The lowest BCUT2D eigenvalue weighted by atomic mass is 10.1. The first-order valence-electron chi connectivity index (χ1n) is 10.7. The number of fused-ring (bicyclic) bond motifs is 1. The van der Waals surface area contributed by atoms with Crippen LogP contribution in [0.3, 0.4) is 0 Å². The molecule has 1 aromatic heterocycles.